The van der Waals surface area contributed by atoms with Crippen LogP contribution in [0.2, 0.25) is 0 Å². The number of halogens is 1. The molecule has 0 spiro atoms. The summed E-state index contributed by atoms with van der Waals surface area (Å²) in [4.78, 5) is 29.0. The van der Waals surface area contributed by atoms with E-state index >= 15 is 0 Å². The number of nitrogens with zero attached hydrogens (tertiary/aromatic N) is 1. The van der Waals surface area contributed by atoms with Crippen LogP contribution in [0, 0.1) is 17.7 Å². The largest absolute Gasteiger partial charge is 0.493 e. The van der Waals surface area contributed by atoms with E-state index in [9.17, 15) is 14.0 Å². The lowest BCUT2D eigenvalue weighted by Crippen LogP contribution is -2.41. The minimum atomic E-state index is -0.594. The van der Waals surface area contributed by atoms with Gasteiger partial charge in [0.15, 0.2) is 23.0 Å². The molecule has 0 N–H and O–H groups in total. The van der Waals surface area contributed by atoms with Crippen LogP contribution in [-0.4, -0.2) is 43.5 Å². The number of hydrogen-bond donors (Lipinski definition) is 0. The molecule has 3 aliphatic rings. The number of rotatable bonds is 6. The monoisotopic (exact) mass is 479 g/mol. The Morgan fingerprint density at radius 3 is 2.49 bits per heavy atom. The van der Waals surface area contributed by atoms with E-state index in [1.807, 2.05) is 18.2 Å². The van der Waals surface area contributed by atoms with Gasteiger partial charge in [0.2, 0.25) is 0 Å². The molecule has 35 heavy (non-hydrogen) atoms. The summed E-state index contributed by atoms with van der Waals surface area (Å²) >= 11 is 0. The lowest BCUT2D eigenvalue weighted by atomic mass is 9.74. The number of benzene rings is 2. The molecule has 2 aromatic carbocycles. The molecule has 2 aliphatic heterocycles. The van der Waals surface area contributed by atoms with Gasteiger partial charge < -0.3 is 19.1 Å². The van der Waals surface area contributed by atoms with Gasteiger partial charge in [-0.2, -0.15) is 0 Å². The molecule has 1 saturated carbocycles. The number of ether oxygens (including phenoxy) is 3. The van der Waals surface area contributed by atoms with E-state index in [0.717, 1.165) is 24.8 Å². The Bertz CT molecular complexity index is 1170. The molecule has 184 valence electrons. The van der Waals surface area contributed by atoms with E-state index < -0.39 is 6.04 Å². The first-order valence-electron chi connectivity index (χ1n) is 12.1. The number of hydrogen-bond acceptors (Lipinski definition) is 5. The Morgan fingerprint density at radius 2 is 1.77 bits per heavy atom. The maximum absolute atomic E-state index is 13.7. The van der Waals surface area contributed by atoms with Crippen LogP contribution in [0.5, 0.6) is 11.5 Å². The third-order valence-corrected chi connectivity index (χ3v) is 7.48. The predicted octanol–water partition coefficient (Wildman–Crippen LogP) is 4.63. The molecule has 4 unspecified atom stereocenters. The van der Waals surface area contributed by atoms with Crippen LogP contribution in [0.4, 0.5) is 4.39 Å². The molecular weight excluding hydrogens is 449 g/mol. The maximum atomic E-state index is 13.7. The van der Waals surface area contributed by atoms with E-state index in [0.29, 0.717) is 41.5 Å². The van der Waals surface area contributed by atoms with Gasteiger partial charge in [-0.25, -0.2) is 4.39 Å². The average Bonchev–Trinajstić information content (AvgIpc) is 3.15. The van der Waals surface area contributed by atoms with Crippen molar-refractivity contribution in [3.8, 4) is 11.5 Å². The maximum Gasteiger partial charge on any atom is 0.290 e. The highest BCUT2D eigenvalue weighted by molar-refractivity contribution is 6.11. The van der Waals surface area contributed by atoms with Crippen molar-refractivity contribution in [1.82, 2.24) is 4.90 Å². The Hall–Kier alpha value is -3.35. The van der Waals surface area contributed by atoms with Gasteiger partial charge in [0, 0.05) is 6.54 Å². The van der Waals surface area contributed by atoms with Crippen LogP contribution in [0.1, 0.15) is 43.4 Å². The first-order valence-corrected chi connectivity index (χ1v) is 12.1. The van der Waals surface area contributed by atoms with Gasteiger partial charge in [-0.05, 0) is 67.0 Å². The molecule has 1 amide bonds. The van der Waals surface area contributed by atoms with E-state index in [4.69, 9.17) is 14.2 Å². The molecule has 6 nitrogen and oxygen atoms in total. The standard InChI is InChI=1S/C28H30FNO5/c1-16-4-10-21-20(14-16)26(31)24-25(18-6-8-19(29)9-7-18)30(28(32)27(24)35-21)13-12-17-5-11-22(33-2)23(15-17)34-3/h5-9,11,15-16,20-21,25H,4,10,12-14H2,1-3H3. The quantitative estimate of drug-likeness (QED) is 0.605. The normalized spacial score (nSPS) is 25.8. The van der Waals surface area contributed by atoms with Crippen molar-refractivity contribution in [2.24, 2.45) is 11.8 Å². The summed E-state index contributed by atoms with van der Waals surface area (Å²) in [6.45, 7) is 2.52. The molecule has 2 heterocycles. The molecule has 7 heteroatoms. The summed E-state index contributed by atoms with van der Waals surface area (Å²) < 4.78 is 30.7. The molecule has 1 aliphatic carbocycles. The van der Waals surface area contributed by atoms with Crippen molar-refractivity contribution in [2.75, 3.05) is 20.8 Å². The fraction of sp³-hybridized carbons (Fsp3) is 0.429. The highest BCUT2D eigenvalue weighted by atomic mass is 19.1. The first-order chi connectivity index (χ1) is 16.9. The molecule has 1 fully saturated rings. The molecule has 5 rings (SSSR count). The Labute approximate surface area is 204 Å². The fourth-order valence-electron chi connectivity index (χ4n) is 5.63. The second-order valence-electron chi connectivity index (χ2n) is 9.68. The van der Waals surface area contributed by atoms with Crippen molar-refractivity contribution in [2.45, 2.75) is 44.8 Å². The smallest absolute Gasteiger partial charge is 0.290 e. The minimum Gasteiger partial charge on any atom is -0.493 e. The number of carbonyl (C=O) groups is 2. The lowest BCUT2D eigenvalue weighted by Gasteiger charge is -2.37. The van der Waals surface area contributed by atoms with Gasteiger partial charge in [0.1, 0.15) is 11.9 Å². The number of amides is 1. The third kappa shape index (κ3) is 4.17. The van der Waals surface area contributed by atoms with E-state index in [1.54, 1.807) is 31.3 Å². The fourth-order valence-corrected chi connectivity index (χ4v) is 5.63. The molecule has 2 aromatic rings. The molecule has 0 bridgehead atoms. The van der Waals surface area contributed by atoms with Gasteiger partial charge in [-0.1, -0.05) is 25.1 Å². The first kappa shape index (κ1) is 23.4. The summed E-state index contributed by atoms with van der Waals surface area (Å²) in [5, 5.41) is 0. The van der Waals surface area contributed by atoms with Crippen molar-refractivity contribution in [3.63, 3.8) is 0 Å². The molecular formula is C28H30FNO5. The van der Waals surface area contributed by atoms with Crippen LogP contribution in [0.15, 0.2) is 53.8 Å². The summed E-state index contributed by atoms with van der Waals surface area (Å²) in [7, 11) is 3.16. The summed E-state index contributed by atoms with van der Waals surface area (Å²) in [5.74, 6) is 0.975. The van der Waals surface area contributed by atoms with Gasteiger partial charge >= 0.3 is 0 Å². The van der Waals surface area contributed by atoms with Crippen molar-refractivity contribution < 1.29 is 28.2 Å². The van der Waals surface area contributed by atoms with Crippen LogP contribution in [0.3, 0.4) is 0 Å². The van der Waals surface area contributed by atoms with E-state index in [1.165, 1.54) is 12.1 Å². The Kier molecular flexibility index (Phi) is 6.26. The van der Waals surface area contributed by atoms with E-state index in [2.05, 4.69) is 6.92 Å². The number of fused-ring (bicyclic) bond motifs is 1. The predicted molar refractivity (Wildman–Crippen MR) is 128 cm³/mol. The summed E-state index contributed by atoms with van der Waals surface area (Å²) in [6.07, 6.45) is 2.81. The molecule has 4 atom stereocenters. The topological polar surface area (TPSA) is 65.1 Å². The second kappa shape index (κ2) is 9.36. The van der Waals surface area contributed by atoms with Crippen LogP contribution in [-0.2, 0) is 20.7 Å². The minimum absolute atomic E-state index is 0.000841. The van der Waals surface area contributed by atoms with Crippen LogP contribution >= 0.6 is 0 Å². The molecule has 0 radical (unpaired) electrons. The number of Topliss-reactive ketones (excluding diaryl/α,β-unsaturated/α-hetero) is 1. The SMILES string of the molecule is COc1ccc(CCN2C(=O)C3=C(C(=O)C4CC(C)CCC4O3)C2c2ccc(F)cc2)cc1OC. The van der Waals surface area contributed by atoms with Gasteiger partial charge in [-0.3, -0.25) is 9.59 Å². The highest BCUT2D eigenvalue weighted by Crippen LogP contribution is 2.47. The average molecular weight is 480 g/mol. The van der Waals surface area contributed by atoms with Gasteiger partial charge in [-0.15, -0.1) is 0 Å². The molecule has 0 aromatic heterocycles. The van der Waals surface area contributed by atoms with Crippen molar-refractivity contribution >= 4 is 11.7 Å². The zero-order valence-corrected chi connectivity index (χ0v) is 20.3. The number of ketones is 1. The van der Waals surface area contributed by atoms with Gasteiger partial charge in [0.05, 0.1) is 31.8 Å². The summed E-state index contributed by atoms with van der Waals surface area (Å²) in [5.41, 5.74) is 2.09. The summed E-state index contributed by atoms with van der Waals surface area (Å²) in [6, 6.07) is 11.1. The van der Waals surface area contributed by atoms with Gasteiger partial charge in [0.25, 0.3) is 5.91 Å². The molecule has 0 saturated heterocycles. The Morgan fingerprint density at radius 1 is 1.03 bits per heavy atom. The lowest BCUT2D eigenvalue weighted by molar-refractivity contribution is -0.136. The zero-order chi connectivity index (χ0) is 24.7. The number of methoxy groups -OCH3 is 2. The van der Waals surface area contributed by atoms with E-state index in [-0.39, 0.29) is 35.3 Å². The highest BCUT2D eigenvalue weighted by Gasteiger charge is 2.52. The zero-order valence-electron chi connectivity index (χ0n) is 20.3. The van der Waals surface area contributed by atoms with Crippen LogP contribution < -0.4 is 9.47 Å². The van der Waals surface area contributed by atoms with Crippen molar-refractivity contribution in [1.29, 1.82) is 0 Å². The van der Waals surface area contributed by atoms with Crippen molar-refractivity contribution in [3.05, 3.63) is 70.7 Å². The second-order valence-corrected chi connectivity index (χ2v) is 9.68. The number of carbonyl (C=O) groups excluding carboxylic acids is 2. The van der Waals surface area contributed by atoms with Crippen LogP contribution in [0.25, 0.3) is 0 Å². The third-order valence-electron chi connectivity index (χ3n) is 7.48. The Balaban J connectivity index is 1.47.